The normalized spacial score (nSPS) is 21.3. The maximum absolute atomic E-state index is 13.1. The molecule has 2 saturated heterocycles. The summed E-state index contributed by atoms with van der Waals surface area (Å²) < 4.78 is 5.78. The number of aryl methyl sites for hydroxylation is 2. The van der Waals surface area contributed by atoms with Crippen molar-refractivity contribution < 1.29 is 14.3 Å². The van der Waals surface area contributed by atoms with Crippen molar-refractivity contribution in [2.75, 3.05) is 63.8 Å². The summed E-state index contributed by atoms with van der Waals surface area (Å²) >= 11 is 0. The molecule has 1 spiro atoms. The minimum Gasteiger partial charge on any atom is -0.450 e. The Kier molecular flexibility index (Phi) is 7.63. The van der Waals surface area contributed by atoms with E-state index in [1.165, 1.54) is 16.8 Å². The minimum absolute atomic E-state index is 0.131. The number of piperidine rings is 1. The van der Waals surface area contributed by atoms with Crippen LogP contribution in [-0.2, 0) is 14.3 Å². The van der Waals surface area contributed by atoms with Gasteiger partial charge in [0.05, 0.1) is 5.57 Å². The fraction of sp³-hybridized carbons (Fsp3) is 0.630. The van der Waals surface area contributed by atoms with Gasteiger partial charge in [0, 0.05) is 69.9 Å². The van der Waals surface area contributed by atoms with Crippen LogP contribution in [0, 0.1) is 13.8 Å². The molecule has 7 nitrogen and oxygen atoms in total. The number of carbonyl (C=O) groups is 2. The Balaban J connectivity index is 1.24. The summed E-state index contributed by atoms with van der Waals surface area (Å²) in [5, 5.41) is 3.08. The SMILES string of the molecule is CCN1CCC2(CC1)OC(=O)C(C)=C2C(=O)NCCCN1CCN(c2cc(C)ccc2C)CC1. The van der Waals surface area contributed by atoms with Gasteiger partial charge in [0.2, 0.25) is 0 Å². The second-order valence-corrected chi connectivity index (χ2v) is 10.0. The first-order valence-corrected chi connectivity index (χ1v) is 12.8. The van der Waals surface area contributed by atoms with Crippen LogP contribution in [0.15, 0.2) is 29.3 Å². The first-order valence-electron chi connectivity index (χ1n) is 12.8. The van der Waals surface area contributed by atoms with Crippen molar-refractivity contribution in [3.8, 4) is 0 Å². The number of benzene rings is 1. The van der Waals surface area contributed by atoms with Crippen LogP contribution in [0.5, 0.6) is 0 Å². The molecule has 3 aliphatic heterocycles. The van der Waals surface area contributed by atoms with Gasteiger partial charge in [-0.25, -0.2) is 4.79 Å². The number of hydrogen-bond donors (Lipinski definition) is 1. The standard InChI is InChI=1S/C27H40N4O3/c1-5-29-13-9-27(10-14-29)24(22(4)26(33)34-27)25(32)28-11-6-12-30-15-17-31(18-16-30)23-19-20(2)7-8-21(23)3/h7-8,19H,5-6,9-18H2,1-4H3,(H,28,32). The van der Waals surface area contributed by atoms with E-state index in [2.05, 4.69) is 59.0 Å². The number of carbonyl (C=O) groups excluding carboxylic acids is 2. The van der Waals surface area contributed by atoms with E-state index in [-0.39, 0.29) is 11.9 Å². The summed E-state index contributed by atoms with van der Waals surface area (Å²) in [6.45, 7) is 16.6. The summed E-state index contributed by atoms with van der Waals surface area (Å²) in [6, 6.07) is 6.66. The van der Waals surface area contributed by atoms with Crippen molar-refractivity contribution in [2.24, 2.45) is 0 Å². The Morgan fingerprint density at radius 3 is 2.41 bits per heavy atom. The second-order valence-electron chi connectivity index (χ2n) is 10.0. The highest BCUT2D eigenvalue weighted by Gasteiger charge is 2.50. The maximum atomic E-state index is 13.1. The number of nitrogens with zero attached hydrogens (tertiary/aromatic N) is 3. The predicted octanol–water partition coefficient (Wildman–Crippen LogP) is 2.66. The zero-order valence-corrected chi connectivity index (χ0v) is 21.3. The molecular formula is C27H40N4O3. The average molecular weight is 469 g/mol. The number of piperazine rings is 1. The zero-order valence-electron chi connectivity index (χ0n) is 21.3. The molecule has 3 aliphatic rings. The average Bonchev–Trinajstić information content (AvgIpc) is 3.08. The Morgan fingerprint density at radius 2 is 1.74 bits per heavy atom. The highest BCUT2D eigenvalue weighted by Crippen LogP contribution is 2.41. The third kappa shape index (κ3) is 5.15. The fourth-order valence-electron chi connectivity index (χ4n) is 5.57. The van der Waals surface area contributed by atoms with E-state index in [1.807, 2.05) is 0 Å². The third-order valence-corrected chi connectivity index (χ3v) is 7.78. The molecule has 186 valence electrons. The molecule has 3 heterocycles. The van der Waals surface area contributed by atoms with Gasteiger partial charge in [-0.05, 0) is 57.5 Å². The van der Waals surface area contributed by atoms with Crippen LogP contribution in [0.25, 0.3) is 0 Å². The molecule has 1 amide bonds. The van der Waals surface area contributed by atoms with E-state index in [4.69, 9.17) is 4.74 Å². The number of nitrogens with one attached hydrogen (secondary N) is 1. The van der Waals surface area contributed by atoms with Crippen LogP contribution < -0.4 is 10.2 Å². The molecule has 0 bridgehead atoms. The Labute approximate surface area is 204 Å². The van der Waals surface area contributed by atoms with Crippen molar-refractivity contribution in [3.63, 3.8) is 0 Å². The highest BCUT2D eigenvalue weighted by atomic mass is 16.6. The van der Waals surface area contributed by atoms with E-state index in [1.54, 1.807) is 6.92 Å². The predicted molar refractivity (Wildman–Crippen MR) is 135 cm³/mol. The fourth-order valence-corrected chi connectivity index (χ4v) is 5.57. The zero-order chi connectivity index (χ0) is 24.3. The molecule has 0 unspecified atom stereocenters. The Morgan fingerprint density at radius 1 is 1.03 bits per heavy atom. The van der Waals surface area contributed by atoms with Gasteiger partial charge < -0.3 is 19.9 Å². The number of ether oxygens (including phenoxy) is 1. The molecule has 2 fully saturated rings. The number of esters is 1. The van der Waals surface area contributed by atoms with E-state index in [9.17, 15) is 9.59 Å². The number of hydrogen-bond acceptors (Lipinski definition) is 6. The van der Waals surface area contributed by atoms with Gasteiger partial charge in [-0.2, -0.15) is 0 Å². The van der Waals surface area contributed by atoms with Crippen LogP contribution in [0.3, 0.4) is 0 Å². The van der Waals surface area contributed by atoms with Crippen molar-refractivity contribution in [2.45, 2.75) is 52.6 Å². The van der Waals surface area contributed by atoms with Crippen LogP contribution in [0.2, 0.25) is 0 Å². The number of likely N-dealkylation sites (tertiary alicyclic amines) is 1. The summed E-state index contributed by atoms with van der Waals surface area (Å²) in [7, 11) is 0. The summed E-state index contributed by atoms with van der Waals surface area (Å²) in [5.74, 6) is -0.468. The monoisotopic (exact) mass is 468 g/mol. The maximum Gasteiger partial charge on any atom is 0.335 e. The van der Waals surface area contributed by atoms with Crippen molar-refractivity contribution in [1.29, 1.82) is 0 Å². The van der Waals surface area contributed by atoms with Crippen LogP contribution >= 0.6 is 0 Å². The van der Waals surface area contributed by atoms with Gasteiger partial charge in [0.25, 0.3) is 5.91 Å². The summed E-state index contributed by atoms with van der Waals surface area (Å²) in [4.78, 5) is 32.7. The van der Waals surface area contributed by atoms with Crippen LogP contribution in [0.4, 0.5) is 5.69 Å². The lowest BCUT2D eigenvalue weighted by Crippen LogP contribution is -2.49. The van der Waals surface area contributed by atoms with E-state index in [0.29, 0.717) is 30.5 Å². The molecule has 1 aromatic carbocycles. The van der Waals surface area contributed by atoms with Gasteiger partial charge >= 0.3 is 5.97 Å². The molecule has 0 aromatic heterocycles. The first-order chi connectivity index (χ1) is 16.3. The highest BCUT2D eigenvalue weighted by molar-refractivity contribution is 6.07. The second kappa shape index (κ2) is 10.5. The molecule has 4 rings (SSSR count). The van der Waals surface area contributed by atoms with Gasteiger partial charge in [-0.3, -0.25) is 9.69 Å². The molecule has 0 saturated carbocycles. The lowest BCUT2D eigenvalue weighted by atomic mass is 9.82. The number of rotatable bonds is 7. The minimum atomic E-state index is -0.735. The van der Waals surface area contributed by atoms with Crippen molar-refractivity contribution in [3.05, 3.63) is 40.5 Å². The molecular weight excluding hydrogens is 428 g/mol. The smallest absolute Gasteiger partial charge is 0.335 e. The van der Waals surface area contributed by atoms with Crippen molar-refractivity contribution >= 4 is 17.6 Å². The number of amides is 1. The molecule has 7 heteroatoms. The molecule has 1 N–H and O–H groups in total. The summed E-state index contributed by atoms with van der Waals surface area (Å²) in [6.07, 6.45) is 2.28. The van der Waals surface area contributed by atoms with Crippen LogP contribution in [-0.4, -0.2) is 86.2 Å². The largest absolute Gasteiger partial charge is 0.450 e. The van der Waals surface area contributed by atoms with E-state index in [0.717, 1.165) is 58.8 Å². The molecule has 0 aliphatic carbocycles. The van der Waals surface area contributed by atoms with Crippen LogP contribution in [0.1, 0.15) is 44.2 Å². The lowest BCUT2D eigenvalue weighted by molar-refractivity contribution is -0.150. The quantitative estimate of drug-likeness (QED) is 0.490. The molecule has 0 atom stereocenters. The van der Waals surface area contributed by atoms with Crippen molar-refractivity contribution in [1.82, 2.24) is 15.1 Å². The lowest BCUT2D eigenvalue weighted by Gasteiger charge is -2.39. The van der Waals surface area contributed by atoms with Gasteiger partial charge in [0.15, 0.2) is 0 Å². The Bertz CT molecular complexity index is 941. The van der Waals surface area contributed by atoms with Gasteiger partial charge in [-0.1, -0.05) is 19.1 Å². The Hall–Kier alpha value is -2.38. The van der Waals surface area contributed by atoms with Gasteiger partial charge in [0.1, 0.15) is 5.60 Å². The molecule has 34 heavy (non-hydrogen) atoms. The molecule has 0 radical (unpaired) electrons. The first kappa shape index (κ1) is 24.7. The van der Waals surface area contributed by atoms with E-state index < -0.39 is 5.60 Å². The molecule has 1 aromatic rings. The third-order valence-electron chi connectivity index (χ3n) is 7.78. The topological polar surface area (TPSA) is 65.1 Å². The van der Waals surface area contributed by atoms with E-state index >= 15 is 0 Å². The number of anilines is 1. The van der Waals surface area contributed by atoms with Gasteiger partial charge in [-0.15, -0.1) is 0 Å². The summed E-state index contributed by atoms with van der Waals surface area (Å²) in [5.41, 5.74) is 4.29.